The lowest BCUT2D eigenvalue weighted by molar-refractivity contribution is -0.0811. The van der Waals surface area contributed by atoms with E-state index in [0.29, 0.717) is 30.5 Å². The van der Waals surface area contributed by atoms with E-state index < -0.39 is 6.10 Å². The number of ether oxygens (including phenoxy) is 1. The lowest BCUT2D eigenvalue weighted by atomic mass is 10.2. The van der Waals surface area contributed by atoms with Crippen LogP contribution in [0.2, 0.25) is 0 Å². The zero-order chi connectivity index (χ0) is 16.7. The molecule has 3 heterocycles. The fraction of sp³-hybridized carbons (Fsp3) is 0.353. The number of nitrogens with one attached hydrogen (secondary N) is 1. The number of amides is 1. The van der Waals surface area contributed by atoms with Gasteiger partial charge in [-0.2, -0.15) is 4.98 Å². The Hall–Kier alpha value is -2.67. The van der Waals surface area contributed by atoms with Crippen LogP contribution in [0.5, 0.6) is 0 Å². The highest BCUT2D eigenvalue weighted by molar-refractivity contribution is 5.98. The molecule has 24 heavy (non-hydrogen) atoms. The number of aromatic amines is 1. The number of hydrogen-bond acceptors (Lipinski definition) is 5. The molecule has 0 bridgehead atoms. The second kappa shape index (κ2) is 5.76. The molecule has 1 amide bonds. The molecule has 0 radical (unpaired) electrons. The largest absolute Gasteiger partial charge is 0.362 e. The first-order valence-corrected chi connectivity index (χ1v) is 7.93. The van der Waals surface area contributed by atoms with Gasteiger partial charge < -0.3 is 19.1 Å². The van der Waals surface area contributed by atoms with Gasteiger partial charge >= 0.3 is 0 Å². The van der Waals surface area contributed by atoms with Gasteiger partial charge in [0.2, 0.25) is 0 Å². The smallest absolute Gasteiger partial charge is 0.270 e. The van der Waals surface area contributed by atoms with E-state index >= 15 is 0 Å². The van der Waals surface area contributed by atoms with Gasteiger partial charge in [0.05, 0.1) is 12.6 Å². The molecule has 0 spiro atoms. The van der Waals surface area contributed by atoms with Gasteiger partial charge in [-0.15, -0.1) is 0 Å². The minimum Gasteiger partial charge on any atom is -0.362 e. The molecule has 3 aromatic rings. The Bertz CT molecular complexity index is 852. The molecule has 1 aliphatic heterocycles. The average Bonchev–Trinajstić information content (AvgIpc) is 3.19. The van der Waals surface area contributed by atoms with Crippen LogP contribution in [0.3, 0.4) is 0 Å². The molecule has 1 aliphatic rings. The summed E-state index contributed by atoms with van der Waals surface area (Å²) in [4.78, 5) is 22.0. The van der Waals surface area contributed by atoms with Crippen molar-refractivity contribution in [3.8, 4) is 0 Å². The number of benzene rings is 1. The quantitative estimate of drug-likeness (QED) is 0.782. The maximum atomic E-state index is 12.9. The first-order chi connectivity index (χ1) is 11.6. The lowest BCUT2D eigenvalue weighted by Gasteiger charge is -2.35. The van der Waals surface area contributed by atoms with Crippen LogP contribution in [0.15, 0.2) is 34.9 Å². The number of rotatable bonds is 2. The van der Waals surface area contributed by atoms with E-state index in [1.807, 2.05) is 37.3 Å². The van der Waals surface area contributed by atoms with Crippen molar-refractivity contribution in [1.82, 2.24) is 20.0 Å². The van der Waals surface area contributed by atoms with Crippen molar-refractivity contribution in [3.63, 3.8) is 0 Å². The third-order valence-electron chi connectivity index (χ3n) is 4.13. The summed E-state index contributed by atoms with van der Waals surface area (Å²) in [5.41, 5.74) is 1.52. The van der Waals surface area contributed by atoms with Crippen molar-refractivity contribution in [1.29, 1.82) is 0 Å². The summed E-state index contributed by atoms with van der Waals surface area (Å²) in [7, 11) is 0. The molecule has 1 N–H and O–H groups in total. The van der Waals surface area contributed by atoms with E-state index in [-0.39, 0.29) is 12.0 Å². The van der Waals surface area contributed by atoms with Gasteiger partial charge in [-0.05, 0) is 26.0 Å². The van der Waals surface area contributed by atoms with Crippen molar-refractivity contribution in [2.45, 2.75) is 26.1 Å². The van der Waals surface area contributed by atoms with Crippen molar-refractivity contribution in [3.05, 3.63) is 47.7 Å². The van der Waals surface area contributed by atoms with Gasteiger partial charge in [-0.3, -0.25) is 4.79 Å². The third kappa shape index (κ3) is 2.67. The molecule has 2 aromatic heterocycles. The summed E-state index contributed by atoms with van der Waals surface area (Å²) in [5, 5.41) is 4.82. The maximum Gasteiger partial charge on any atom is 0.270 e. The number of H-pyrrole nitrogens is 1. The topological polar surface area (TPSA) is 84.2 Å². The number of para-hydroxylation sites is 1. The number of aromatic nitrogens is 3. The minimum atomic E-state index is -0.400. The van der Waals surface area contributed by atoms with Crippen LogP contribution >= 0.6 is 0 Å². The van der Waals surface area contributed by atoms with E-state index in [9.17, 15) is 4.79 Å². The Morgan fingerprint density at radius 2 is 2.17 bits per heavy atom. The molecular weight excluding hydrogens is 308 g/mol. The molecule has 4 rings (SSSR count). The van der Waals surface area contributed by atoms with Crippen LogP contribution in [-0.2, 0) is 4.74 Å². The zero-order valence-corrected chi connectivity index (χ0v) is 13.5. The van der Waals surface area contributed by atoms with E-state index in [1.54, 1.807) is 11.8 Å². The number of aryl methyl sites for hydroxylation is 1. The second-order valence-corrected chi connectivity index (χ2v) is 6.10. The van der Waals surface area contributed by atoms with Gasteiger partial charge in [-0.1, -0.05) is 23.4 Å². The third-order valence-corrected chi connectivity index (χ3v) is 4.13. The van der Waals surface area contributed by atoms with Gasteiger partial charge in [-0.25, -0.2) is 0 Å². The predicted octanol–water partition coefficient (Wildman–Crippen LogP) is 2.46. The zero-order valence-electron chi connectivity index (χ0n) is 13.5. The van der Waals surface area contributed by atoms with Gasteiger partial charge in [0, 0.05) is 17.4 Å². The van der Waals surface area contributed by atoms with Crippen molar-refractivity contribution in [2.24, 2.45) is 0 Å². The first-order valence-electron chi connectivity index (χ1n) is 7.93. The summed E-state index contributed by atoms with van der Waals surface area (Å²) in [6.07, 6.45) is -0.507. The Labute approximate surface area is 138 Å². The molecule has 0 unspecified atom stereocenters. The van der Waals surface area contributed by atoms with Crippen molar-refractivity contribution < 1.29 is 14.1 Å². The number of hydrogen-bond donors (Lipinski definition) is 1. The summed E-state index contributed by atoms with van der Waals surface area (Å²) in [5.74, 6) is 0.913. The SMILES string of the molecule is Cc1noc([C@H]2CN(C(=O)c3cc4ccccc4[nH]3)C[C@@H](C)O2)n1. The normalized spacial score (nSPS) is 21.3. The van der Waals surface area contributed by atoms with Crippen LogP contribution < -0.4 is 0 Å². The summed E-state index contributed by atoms with van der Waals surface area (Å²) >= 11 is 0. The lowest BCUT2D eigenvalue weighted by Crippen LogP contribution is -2.46. The van der Waals surface area contributed by atoms with Crippen LogP contribution in [0.4, 0.5) is 0 Å². The molecule has 7 heteroatoms. The molecule has 1 saturated heterocycles. The Balaban J connectivity index is 1.58. The van der Waals surface area contributed by atoms with E-state index in [2.05, 4.69) is 15.1 Å². The Morgan fingerprint density at radius 3 is 2.92 bits per heavy atom. The van der Waals surface area contributed by atoms with Gasteiger partial charge in [0.1, 0.15) is 5.69 Å². The van der Waals surface area contributed by atoms with Crippen LogP contribution in [0.1, 0.15) is 35.2 Å². The predicted molar refractivity (Wildman–Crippen MR) is 86.5 cm³/mol. The van der Waals surface area contributed by atoms with Gasteiger partial charge in [0.25, 0.3) is 11.8 Å². The molecule has 1 fully saturated rings. The Kier molecular flexibility index (Phi) is 3.57. The number of morpholine rings is 1. The monoisotopic (exact) mass is 326 g/mol. The van der Waals surface area contributed by atoms with Crippen LogP contribution in [0.25, 0.3) is 10.9 Å². The molecule has 0 saturated carbocycles. The molecule has 124 valence electrons. The standard InChI is InChI=1S/C17H18N4O3/c1-10-8-21(9-15(23-10)16-18-11(2)20-24-16)17(22)14-7-12-5-3-4-6-13(12)19-14/h3-7,10,15,19H,8-9H2,1-2H3/t10-,15-/m1/s1. The number of carbonyl (C=O) groups excluding carboxylic acids is 1. The molecule has 0 aliphatic carbocycles. The summed E-state index contributed by atoms with van der Waals surface area (Å²) < 4.78 is 11.1. The Morgan fingerprint density at radius 1 is 1.33 bits per heavy atom. The fourth-order valence-corrected chi connectivity index (χ4v) is 3.06. The number of nitrogens with zero attached hydrogens (tertiary/aromatic N) is 3. The highest BCUT2D eigenvalue weighted by Crippen LogP contribution is 2.25. The molecule has 7 nitrogen and oxygen atoms in total. The molecule has 1 aromatic carbocycles. The average molecular weight is 326 g/mol. The number of carbonyl (C=O) groups is 1. The highest BCUT2D eigenvalue weighted by Gasteiger charge is 2.33. The second-order valence-electron chi connectivity index (χ2n) is 6.10. The number of fused-ring (bicyclic) bond motifs is 1. The molecule has 2 atom stereocenters. The van der Waals surface area contributed by atoms with E-state index in [1.165, 1.54) is 0 Å². The first kappa shape index (κ1) is 14.9. The summed E-state index contributed by atoms with van der Waals surface area (Å²) in [6, 6.07) is 9.71. The highest BCUT2D eigenvalue weighted by atomic mass is 16.5. The molecular formula is C17H18N4O3. The van der Waals surface area contributed by atoms with Gasteiger partial charge in [0.15, 0.2) is 11.9 Å². The maximum absolute atomic E-state index is 12.9. The van der Waals surface area contributed by atoms with Crippen molar-refractivity contribution >= 4 is 16.8 Å². The fourth-order valence-electron chi connectivity index (χ4n) is 3.06. The minimum absolute atomic E-state index is 0.0532. The summed E-state index contributed by atoms with van der Waals surface area (Å²) in [6.45, 7) is 4.60. The van der Waals surface area contributed by atoms with Crippen molar-refractivity contribution in [2.75, 3.05) is 13.1 Å². The van der Waals surface area contributed by atoms with Crippen LogP contribution in [-0.4, -0.2) is 45.1 Å². The van der Waals surface area contributed by atoms with Crippen LogP contribution in [0, 0.1) is 6.92 Å². The van der Waals surface area contributed by atoms with E-state index in [4.69, 9.17) is 9.26 Å². The van der Waals surface area contributed by atoms with E-state index in [0.717, 1.165) is 10.9 Å².